The first-order valence-corrected chi connectivity index (χ1v) is 4.30. The van der Waals surface area contributed by atoms with E-state index in [-0.39, 0.29) is 0 Å². The fourth-order valence-corrected chi connectivity index (χ4v) is 0.711. The minimum atomic E-state index is -1.25. The Bertz CT molecular complexity index is 293. The van der Waals surface area contributed by atoms with Crippen molar-refractivity contribution >= 4 is 11.9 Å². The largest absolute Gasteiger partial charge is 0.467 e. The average Bonchev–Trinajstić information content (AvgIpc) is 2.24. The van der Waals surface area contributed by atoms with Crippen LogP contribution in [0.1, 0.15) is 13.8 Å². The number of aliphatic hydroxyl groups is 1. The molecule has 0 aliphatic rings. The Morgan fingerprint density at radius 2 is 2.13 bits per heavy atom. The predicted octanol–water partition coefficient (Wildman–Crippen LogP) is -0.814. The van der Waals surface area contributed by atoms with Gasteiger partial charge in [0.25, 0.3) is 0 Å². The van der Waals surface area contributed by atoms with Gasteiger partial charge in [-0.05, 0) is 13.8 Å². The van der Waals surface area contributed by atoms with Gasteiger partial charge >= 0.3 is 5.97 Å². The topological polar surface area (TPSA) is 99.4 Å². The van der Waals surface area contributed by atoms with Crippen LogP contribution in [0, 0.1) is 16.7 Å². The summed E-state index contributed by atoms with van der Waals surface area (Å²) in [5, 5.41) is 19.7. The number of aliphatic hydroxyl groups excluding tert-OH is 1. The minimum absolute atomic E-state index is 0.570. The third kappa shape index (κ3) is 3.56. The van der Waals surface area contributed by atoms with E-state index in [2.05, 4.69) is 10.1 Å². The quantitative estimate of drug-likeness (QED) is 0.596. The van der Waals surface area contributed by atoms with Crippen molar-refractivity contribution in [3.8, 4) is 6.07 Å². The third-order valence-corrected chi connectivity index (χ3v) is 1.82. The zero-order chi connectivity index (χ0) is 12.1. The molecule has 0 aromatic heterocycles. The van der Waals surface area contributed by atoms with E-state index in [0.29, 0.717) is 0 Å². The lowest BCUT2D eigenvalue weighted by Crippen LogP contribution is -2.48. The fraction of sp³-hybridized carbons (Fsp3) is 0.667. The summed E-state index contributed by atoms with van der Waals surface area (Å²) >= 11 is 0. The molecule has 84 valence electrons. The second kappa shape index (κ2) is 5.32. The molecule has 1 atom stereocenters. The molecule has 0 saturated heterocycles. The molecule has 0 spiro atoms. The van der Waals surface area contributed by atoms with E-state index in [1.165, 1.54) is 13.8 Å². The van der Waals surface area contributed by atoms with Gasteiger partial charge in [-0.25, -0.2) is 4.79 Å². The van der Waals surface area contributed by atoms with E-state index < -0.39 is 29.9 Å². The lowest BCUT2D eigenvalue weighted by Gasteiger charge is -2.19. The van der Waals surface area contributed by atoms with E-state index in [0.717, 1.165) is 7.11 Å². The number of hydrogen-bond donors (Lipinski definition) is 2. The van der Waals surface area contributed by atoms with Crippen molar-refractivity contribution < 1.29 is 19.4 Å². The normalized spacial score (nSPS) is 12.5. The van der Waals surface area contributed by atoms with Crippen LogP contribution in [0.5, 0.6) is 0 Å². The molecule has 15 heavy (non-hydrogen) atoms. The lowest BCUT2D eigenvalue weighted by molar-refractivity contribution is -0.147. The summed E-state index contributed by atoms with van der Waals surface area (Å²) in [6, 6.07) is 0.652. The molecule has 1 unspecified atom stereocenters. The smallest absolute Gasteiger partial charge is 0.330 e. The summed E-state index contributed by atoms with van der Waals surface area (Å²) < 4.78 is 4.35. The Kier molecular flexibility index (Phi) is 4.74. The Labute approximate surface area is 87.8 Å². The van der Waals surface area contributed by atoms with Crippen LogP contribution in [0.4, 0.5) is 0 Å². The van der Waals surface area contributed by atoms with Crippen LogP contribution in [0.15, 0.2) is 0 Å². The fourth-order valence-electron chi connectivity index (χ4n) is 0.711. The zero-order valence-electron chi connectivity index (χ0n) is 8.90. The van der Waals surface area contributed by atoms with Gasteiger partial charge < -0.3 is 15.2 Å². The zero-order valence-corrected chi connectivity index (χ0v) is 8.90. The van der Waals surface area contributed by atoms with Gasteiger partial charge in [-0.15, -0.1) is 0 Å². The van der Waals surface area contributed by atoms with Gasteiger partial charge in [0.15, 0.2) is 6.04 Å². The molecule has 0 radical (unpaired) electrons. The van der Waals surface area contributed by atoms with Gasteiger partial charge in [0, 0.05) is 0 Å². The number of nitrogens with one attached hydrogen (secondary N) is 1. The first-order valence-electron chi connectivity index (χ1n) is 4.30. The van der Waals surface area contributed by atoms with Crippen molar-refractivity contribution in [3.63, 3.8) is 0 Å². The summed E-state index contributed by atoms with van der Waals surface area (Å²) in [4.78, 5) is 22.4. The van der Waals surface area contributed by atoms with Crippen LogP contribution in [0.2, 0.25) is 0 Å². The summed E-state index contributed by atoms with van der Waals surface area (Å²) in [6.07, 6.45) is 0. The standard InChI is InChI=1S/C9H14N2O4/c1-9(2,5-10)8(14)11-6(4-12)7(13)15-3/h6,12H,4H2,1-3H3,(H,11,14). The Morgan fingerprint density at radius 3 is 2.47 bits per heavy atom. The van der Waals surface area contributed by atoms with Crippen molar-refractivity contribution in [1.29, 1.82) is 5.26 Å². The number of ether oxygens (including phenoxy) is 1. The van der Waals surface area contributed by atoms with Gasteiger partial charge in [-0.1, -0.05) is 0 Å². The highest BCUT2D eigenvalue weighted by Crippen LogP contribution is 2.13. The highest BCUT2D eigenvalue weighted by Gasteiger charge is 2.31. The van der Waals surface area contributed by atoms with Gasteiger partial charge in [0.2, 0.25) is 5.91 Å². The number of nitrogens with zero attached hydrogens (tertiary/aromatic N) is 1. The third-order valence-electron chi connectivity index (χ3n) is 1.82. The highest BCUT2D eigenvalue weighted by atomic mass is 16.5. The van der Waals surface area contributed by atoms with Gasteiger partial charge in [-0.3, -0.25) is 4.79 Å². The Balaban J connectivity index is 4.53. The Morgan fingerprint density at radius 1 is 1.60 bits per heavy atom. The molecule has 6 nitrogen and oxygen atoms in total. The number of hydrogen-bond acceptors (Lipinski definition) is 5. The van der Waals surface area contributed by atoms with E-state index in [4.69, 9.17) is 10.4 Å². The molecule has 0 aromatic rings. The van der Waals surface area contributed by atoms with Crippen molar-refractivity contribution in [1.82, 2.24) is 5.32 Å². The summed E-state index contributed by atoms with van der Waals surface area (Å²) in [7, 11) is 1.15. The second-order valence-corrected chi connectivity index (χ2v) is 3.47. The number of esters is 1. The molecule has 1 amide bonds. The first kappa shape index (κ1) is 13.4. The van der Waals surface area contributed by atoms with Crippen LogP contribution in [0.3, 0.4) is 0 Å². The molecule has 0 rings (SSSR count). The molecule has 0 saturated carbocycles. The summed E-state index contributed by atoms with van der Waals surface area (Å²) in [6.45, 7) is 2.25. The molecule has 0 aromatic carbocycles. The maximum Gasteiger partial charge on any atom is 0.330 e. The van der Waals surface area contributed by atoms with E-state index in [1.807, 2.05) is 0 Å². The minimum Gasteiger partial charge on any atom is -0.467 e. The number of amides is 1. The van der Waals surface area contributed by atoms with Gasteiger partial charge in [-0.2, -0.15) is 5.26 Å². The van der Waals surface area contributed by atoms with Gasteiger partial charge in [0.05, 0.1) is 19.8 Å². The van der Waals surface area contributed by atoms with E-state index >= 15 is 0 Å². The molecule has 0 aliphatic carbocycles. The van der Waals surface area contributed by atoms with Crippen LogP contribution in [-0.4, -0.2) is 36.7 Å². The number of carbonyl (C=O) groups is 2. The van der Waals surface area contributed by atoms with Crippen LogP contribution in [0.25, 0.3) is 0 Å². The van der Waals surface area contributed by atoms with Crippen molar-refractivity contribution in [3.05, 3.63) is 0 Å². The maximum absolute atomic E-state index is 11.4. The molecule has 0 bridgehead atoms. The molecule has 2 N–H and O–H groups in total. The number of carbonyl (C=O) groups excluding carboxylic acids is 2. The SMILES string of the molecule is COC(=O)C(CO)NC(=O)C(C)(C)C#N. The maximum atomic E-state index is 11.4. The summed E-state index contributed by atoms with van der Waals surface area (Å²) in [5.74, 6) is -1.38. The van der Waals surface area contributed by atoms with E-state index in [9.17, 15) is 9.59 Å². The Hall–Kier alpha value is -1.61. The number of nitriles is 1. The van der Waals surface area contributed by atoms with Crippen LogP contribution >= 0.6 is 0 Å². The van der Waals surface area contributed by atoms with Crippen LogP contribution in [-0.2, 0) is 14.3 Å². The number of rotatable bonds is 4. The predicted molar refractivity (Wildman–Crippen MR) is 50.4 cm³/mol. The molecule has 0 fully saturated rings. The molecular weight excluding hydrogens is 200 g/mol. The van der Waals surface area contributed by atoms with E-state index in [1.54, 1.807) is 6.07 Å². The molecule has 0 aliphatic heterocycles. The van der Waals surface area contributed by atoms with Crippen molar-refractivity contribution in [2.45, 2.75) is 19.9 Å². The number of methoxy groups -OCH3 is 1. The highest BCUT2D eigenvalue weighted by molar-refractivity contribution is 5.89. The second-order valence-electron chi connectivity index (χ2n) is 3.47. The molecule has 6 heteroatoms. The molecular formula is C9H14N2O4. The lowest BCUT2D eigenvalue weighted by atomic mass is 9.94. The van der Waals surface area contributed by atoms with Crippen molar-refractivity contribution in [2.75, 3.05) is 13.7 Å². The summed E-state index contributed by atoms with van der Waals surface area (Å²) in [5.41, 5.74) is -1.25. The van der Waals surface area contributed by atoms with Gasteiger partial charge in [0.1, 0.15) is 5.41 Å². The molecule has 0 heterocycles. The average molecular weight is 214 g/mol. The first-order chi connectivity index (χ1) is 6.88. The van der Waals surface area contributed by atoms with Crippen LogP contribution < -0.4 is 5.32 Å². The monoisotopic (exact) mass is 214 g/mol. The van der Waals surface area contributed by atoms with Crippen molar-refractivity contribution in [2.24, 2.45) is 5.41 Å².